The van der Waals surface area contributed by atoms with E-state index in [-0.39, 0.29) is 29.9 Å². The lowest BCUT2D eigenvalue weighted by molar-refractivity contribution is -0.131. The van der Waals surface area contributed by atoms with Crippen molar-refractivity contribution in [2.24, 2.45) is 10.7 Å². The van der Waals surface area contributed by atoms with Gasteiger partial charge in [-0.3, -0.25) is 14.5 Å². The van der Waals surface area contributed by atoms with Gasteiger partial charge >= 0.3 is 0 Å². The molecular formula is C27H36N4O3. The van der Waals surface area contributed by atoms with Crippen molar-refractivity contribution in [3.05, 3.63) is 71.3 Å². The molecule has 0 saturated heterocycles. The number of nitrogens with zero attached hydrogens (tertiary/aromatic N) is 2. The highest BCUT2D eigenvalue weighted by atomic mass is 16.5. The molecule has 2 atom stereocenters. The summed E-state index contributed by atoms with van der Waals surface area (Å²) in [5.74, 6) is 0.00440. The second kappa shape index (κ2) is 11.3. The number of guanidine groups is 1. The van der Waals surface area contributed by atoms with E-state index in [0.717, 1.165) is 24.0 Å². The van der Waals surface area contributed by atoms with Crippen molar-refractivity contribution in [3.63, 3.8) is 0 Å². The van der Waals surface area contributed by atoms with Crippen molar-refractivity contribution in [1.82, 2.24) is 10.2 Å². The minimum atomic E-state index is -0.446. The molecule has 182 valence electrons. The summed E-state index contributed by atoms with van der Waals surface area (Å²) in [7, 11) is 1.63. The summed E-state index contributed by atoms with van der Waals surface area (Å²) in [5.41, 5.74) is 8.30. The van der Waals surface area contributed by atoms with E-state index in [1.165, 1.54) is 0 Å². The highest BCUT2D eigenvalue weighted by Crippen LogP contribution is 2.34. The fourth-order valence-electron chi connectivity index (χ4n) is 4.49. The van der Waals surface area contributed by atoms with Crippen LogP contribution in [-0.4, -0.2) is 41.9 Å². The zero-order valence-corrected chi connectivity index (χ0v) is 20.6. The van der Waals surface area contributed by atoms with Crippen LogP contribution < -0.4 is 11.1 Å². The summed E-state index contributed by atoms with van der Waals surface area (Å²) in [5, 5.41) is 3.05. The Hall–Kier alpha value is -3.19. The number of carbonyl (C=O) groups excluding carboxylic acids is 2. The summed E-state index contributed by atoms with van der Waals surface area (Å²) < 4.78 is 5.32. The molecule has 2 aromatic carbocycles. The summed E-state index contributed by atoms with van der Waals surface area (Å²) in [6, 6.07) is 16.7. The van der Waals surface area contributed by atoms with Gasteiger partial charge in [0.25, 0.3) is 5.91 Å². The number of nitrogens with one attached hydrogen (secondary N) is 1. The van der Waals surface area contributed by atoms with Crippen molar-refractivity contribution < 1.29 is 14.3 Å². The van der Waals surface area contributed by atoms with E-state index in [0.29, 0.717) is 25.0 Å². The second-order valence-electron chi connectivity index (χ2n) is 8.87. The Morgan fingerprint density at radius 3 is 2.44 bits per heavy atom. The lowest BCUT2D eigenvalue weighted by Gasteiger charge is -2.40. The fraction of sp³-hybridized carbons (Fsp3) is 0.444. The molecule has 34 heavy (non-hydrogen) atoms. The molecule has 1 aliphatic heterocycles. The van der Waals surface area contributed by atoms with Crippen molar-refractivity contribution in [1.29, 1.82) is 0 Å². The van der Waals surface area contributed by atoms with Crippen molar-refractivity contribution >= 4 is 17.8 Å². The second-order valence-corrected chi connectivity index (χ2v) is 8.87. The van der Waals surface area contributed by atoms with Crippen LogP contribution in [0.15, 0.2) is 59.6 Å². The number of rotatable bonds is 10. The van der Waals surface area contributed by atoms with Crippen LogP contribution in [0.1, 0.15) is 80.0 Å². The number of benzene rings is 2. The first-order chi connectivity index (χ1) is 16.3. The number of hydrogen-bond donors (Lipinski definition) is 2. The van der Waals surface area contributed by atoms with Gasteiger partial charge in [-0.2, -0.15) is 0 Å². The molecule has 3 N–H and O–H groups in total. The van der Waals surface area contributed by atoms with Gasteiger partial charge in [0.2, 0.25) is 5.91 Å². The number of methoxy groups -OCH3 is 1. The topological polar surface area (TPSA) is 97.0 Å². The van der Waals surface area contributed by atoms with E-state index in [2.05, 4.69) is 5.32 Å². The van der Waals surface area contributed by atoms with Crippen LogP contribution in [0.25, 0.3) is 0 Å². The van der Waals surface area contributed by atoms with Gasteiger partial charge < -0.3 is 15.8 Å². The number of aliphatic imine (C=N–C) groups is 1. The maximum Gasteiger partial charge on any atom is 0.251 e. The summed E-state index contributed by atoms with van der Waals surface area (Å²) in [6.07, 6.45) is 2.36. The highest BCUT2D eigenvalue weighted by Gasteiger charge is 2.40. The Balaban J connectivity index is 1.88. The number of nitrogens with two attached hydrogens (primary N) is 1. The lowest BCUT2D eigenvalue weighted by Crippen LogP contribution is -2.52. The van der Waals surface area contributed by atoms with Crippen LogP contribution in [0.3, 0.4) is 0 Å². The molecule has 0 unspecified atom stereocenters. The molecule has 7 nitrogen and oxygen atoms in total. The van der Waals surface area contributed by atoms with E-state index >= 15 is 0 Å². The molecule has 2 aromatic rings. The third kappa shape index (κ3) is 5.65. The van der Waals surface area contributed by atoms with Crippen LogP contribution in [0.5, 0.6) is 0 Å². The van der Waals surface area contributed by atoms with Gasteiger partial charge in [-0.25, -0.2) is 4.99 Å². The maximum atomic E-state index is 13.3. The molecule has 7 heteroatoms. The molecule has 0 radical (unpaired) electrons. The fourth-order valence-corrected chi connectivity index (χ4v) is 4.49. The number of hydrogen-bond acceptors (Lipinski definition) is 5. The molecule has 0 spiro atoms. The van der Waals surface area contributed by atoms with E-state index < -0.39 is 5.54 Å². The van der Waals surface area contributed by atoms with E-state index in [1.807, 2.05) is 69.3 Å². The Kier molecular flexibility index (Phi) is 8.45. The monoisotopic (exact) mass is 464 g/mol. The standard InChI is InChI=1S/C27H36N4O3/c1-5-27(6-2)18-24(32)31(26(28)30-27)23(15-16-34-4)21-13-10-14-22(17-21)25(33)29-19(3)20-11-8-7-9-12-20/h7-14,17,19,23H,5-6,15-16,18H2,1-4H3,(H2,28,30)(H,29,33)/t19-,23+/m0/s1. The molecule has 0 saturated carbocycles. The molecule has 0 fully saturated rings. The molecule has 2 amide bonds. The molecule has 1 aliphatic rings. The molecular weight excluding hydrogens is 428 g/mol. The van der Waals surface area contributed by atoms with Gasteiger partial charge in [-0.1, -0.05) is 56.3 Å². The zero-order valence-electron chi connectivity index (χ0n) is 20.6. The van der Waals surface area contributed by atoms with Gasteiger partial charge in [0, 0.05) is 19.3 Å². The van der Waals surface area contributed by atoms with Gasteiger partial charge in [-0.05, 0) is 49.4 Å². The van der Waals surface area contributed by atoms with Crippen molar-refractivity contribution in [2.75, 3.05) is 13.7 Å². The molecule has 1 heterocycles. The van der Waals surface area contributed by atoms with Crippen LogP contribution in [0.2, 0.25) is 0 Å². The smallest absolute Gasteiger partial charge is 0.251 e. The number of ether oxygens (including phenoxy) is 1. The van der Waals surface area contributed by atoms with Gasteiger partial charge in [0.05, 0.1) is 24.0 Å². The van der Waals surface area contributed by atoms with Gasteiger partial charge in [0.15, 0.2) is 5.96 Å². The van der Waals surface area contributed by atoms with Crippen LogP contribution in [0, 0.1) is 0 Å². The van der Waals surface area contributed by atoms with Crippen LogP contribution in [0.4, 0.5) is 0 Å². The average molecular weight is 465 g/mol. The normalized spacial score (nSPS) is 17.1. The summed E-state index contributed by atoms with van der Waals surface area (Å²) in [4.78, 5) is 32.6. The number of carbonyl (C=O) groups is 2. The summed E-state index contributed by atoms with van der Waals surface area (Å²) in [6.45, 7) is 6.46. The van der Waals surface area contributed by atoms with E-state index in [9.17, 15) is 9.59 Å². The SMILES string of the molecule is CCC1(CC)CC(=O)N([C@H](CCOC)c2cccc(C(=O)N[C@@H](C)c3ccccc3)c2)C(N)=N1. The van der Waals surface area contributed by atoms with Crippen LogP contribution in [-0.2, 0) is 9.53 Å². The Morgan fingerprint density at radius 2 is 1.82 bits per heavy atom. The Labute approximate surface area is 202 Å². The molecule has 0 aliphatic carbocycles. The third-order valence-electron chi connectivity index (χ3n) is 6.75. The molecule has 0 aromatic heterocycles. The average Bonchev–Trinajstić information content (AvgIpc) is 2.86. The Bertz CT molecular complexity index is 1020. The highest BCUT2D eigenvalue weighted by molar-refractivity contribution is 6.00. The minimum absolute atomic E-state index is 0.0511. The van der Waals surface area contributed by atoms with Crippen molar-refractivity contribution in [2.45, 2.75) is 64.1 Å². The summed E-state index contributed by atoms with van der Waals surface area (Å²) >= 11 is 0. The largest absolute Gasteiger partial charge is 0.385 e. The van der Waals surface area contributed by atoms with Gasteiger partial charge in [-0.15, -0.1) is 0 Å². The first kappa shape index (κ1) is 25.4. The first-order valence-electron chi connectivity index (χ1n) is 12.0. The number of amides is 2. The maximum absolute atomic E-state index is 13.3. The van der Waals surface area contributed by atoms with Gasteiger partial charge in [0.1, 0.15) is 0 Å². The predicted molar refractivity (Wildman–Crippen MR) is 134 cm³/mol. The third-order valence-corrected chi connectivity index (χ3v) is 6.75. The van der Waals surface area contributed by atoms with E-state index in [1.54, 1.807) is 18.1 Å². The van der Waals surface area contributed by atoms with Crippen molar-refractivity contribution in [3.8, 4) is 0 Å². The van der Waals surface area contributed by atoms with Crippen LogP contribution >= 0.6 is 0 Å². The first-order valence-corrected chi connectivity index (χ1v) is 12.0. The minimum Gasteiger partial charge on any atom is -0.385 e. The lowest BCUT2D eigenvalue weighted by atomic mass is 9.87. The zero-order chi connectivity index (χ0) is 24.7. The Morgan fingerprint density at radius 1 is 1.15 bits per heavy atom. The molecule has 3 rings (SSSR count). The quantitative estimate of drug-likeness (QED) is 0.546. The molecule has 0 bridgehead atoms. The van der Waals surface area contributed by atoms with E-state index in [4.69, 9.17) is 15.5 Å². The predicted octanol–water partition coefficient (Wildman–Crippen LogP) is 4.36.